The molecule has 3 atom stereocenters. The number of carbonyl (C=O) groups is 2. The van der Waals surface area contributed by atoms with Crippen molar-refractivity contribution in [3.8, 4) is 0 Å². The first-order chi connectivity index (χ1) is 25.7. The van der Waals surface area contributed by atoms with Crippen molar-refractivity contribution in [3.05, 3.63) is 12.2 Å². The number of aliphatic hydroxyl groups is 2. The molecule has 11 heteroatoms. The second kappa shape index (κ2) is 39.0. The van der Waals surface area contributed by atoms with Crippen LogP contribution >= 0.6 is 7.82 Å². The fraction of sp³-hybridized carbons (Fsp3) is 0.905. The first-order valence-electron chi connectivity index (χ1n) is 21.6. The molecule has 10 nitrogen and oxygen atoms in total. The van der Waals surface area contributed by atoms with Gasteiger partial charge in [0.2, 0.25) is 0 Å². The molecule has 314 valence electrons. The van der Waals surface area contributed by atoms with Crippen molar-refractivity contribution >= 4 is 19.8 Å². The normalized spacial score (nSPS) is 14.0. The summed E-state index contributed by atoms with van der Waals surface area (Å²) in [6.07, 6.45) is 36.1. The maximum Gasteiger partial charge on any atom is 0.472 e. The van der Waals surface area contributed by atoms with Crippen LogP contribution in [0.15, 0.2) is 12.2 Å². The molecular formula is C42H81O10P. The second-order valence-electron chi connectivity index (χ2n) is 14.7. The topological polar surface area (TPSA) is 149 Å². The molecule has 0 aromatic rings. The molecule has 1 unspecified atom stereocenters. The van der Waals surface area contributed by atoms with E-state index in [0.717, 1.165) is 44.9 Å². The van der Waals surface area contributed by atoms with E-state index in [1.54, 1.807) is 0 Å². The van der Waals surface area contributed by atoms with E-state index in [-0.39, 0.29) is 19.4 Å². The van der Waals surface area contributed by atoms with Crippen LogP contribution in [-0.2, 0) is 32.7 Å². The Morgan fingerprint density at radius 3 is 1.36 bits per heavy atom. The number of hydrogen-bond donors (Lipinski definition) is 3. The third kappa shape index (κ3) is 38.8. The van der Waals surface area contributed by atoms with Gasteiger partial charge < -0.3 is 24.6 Å². The van der Waals surface area contributed by atoms with Crippen LogP contribution in [0.25, 0.3) is 0 Å². The Hall–Kier alpha value is -1.29. The van der Waals surface area contributed by atoms with Crippen LogP contribution in [-0.4, -0.2) is 65.7 Å². The third-order valence-corrected chi connectivity index (χ3v) is 10.4. The highest BCUT2D eigenvalue weighted by Crippen LogP contribution is 2.43. The molecule has 0 rings (SSSR count). The Labute approximate surface area is 324 Å². The number of esters is 2. The zero-order chi connectivity index (χ0) is 39.1. The molecule has 0 saturated carbocycles. The van der Waals surface area contributed by atoms with E-state index in [1.807, 2.05) is 0 Å². The van der Waals surface area contributed by atoms with Crippen molar-refractivity contribution in [2.24, 2.45) is 0 Å². The van der Waals surface area contributed by atoms with Gasteiger partial charge >= 0.3 is 19.8 Å². The number of rotatable bonds is 41. The lowest BCUT2D eigenvalue weighted by molar-refractivity contribution is -0.161. The van der Waals surface area contributed by atoms with E-state index < -0.39 is 51.8 Å². The molecule has 0 saturated heterocycles. The maximum atomic E-state index is 12.6. The molecule has 0 aromatic heterocycles. The minimum atomic E-state index is -4.61. The summed E-state index contributed by atoms with van der Waals surface area (Å²) < 4.78 is 32.7. The average molecular weight is 777 g/mol. The molecule has 0 aliphatic rings. The van der Waals surface area contributed by atoms with Crippen LogP contribution in [0.2, 0.25) is 0 Å². The van der Waals surface area contributed by atoms with Crippen LogP contribution in [0.3, 0.4) is 0 Å². The molecule has 0 bridgehead atoms. The summed E-state index contributed by atoms with van der Waals surface area (Å²) in [6, 6.07) is 0. The molecule has 0 spiro atoms. The third-order valence-electron chi connectivity index (χ3n) is 9.42. The Balaban J connectivity index is 4.24. The van der Waals surface area contributed by atoms with Crippen molar-refractivity contribution in [2.45, 2.75) is 219 Å². The van der Waals surface area contributed by atoms with Gasteiger partial charge in [-0.25, -0.2) is 4.57 Å². The zero-order valence-electron chi connectivity index (χ0n) is 34.0. The standard InChI is InChI=1S/C42H81O10P/c1-3-5-7-9-11-13-15-16-17-18-19-20-21-22-24-26-28-30-32-34-42(46)52-40(38-51-53(47,48)50-36-39(44)35-43)37-49-41(45)33-31-29-27-25-23-14-12-10-8-6-4-2/h18-19,39-40,43-44H,3-17,20-38H2,1-2H3,(H,47,48)/b19-18-/t39-,40+/m0/s1. The molecule has 0 radical (unpaired) electrons. The van der Waals surface area contributed by atoms with Crippen LogP contribution in [0.4, 0.5) is 0 Å². The minimum absolute atomic E-state index is 0.183. The monoisotopic (exact) mass is 777 g/mol. The molecule has 0 aliphatic carbocycles. The average Bonchev–Trinajstić information content (AvgIpc) is 3.14. The van der Waals surface area contributed by atoms with Gasteiger partial charge in [0.05, 0.1) is 19.8 Å². The van der Waals surface area contributed by atoms with E-state index in [9.17, 15) is 24.2 Å². The summed E-state index contributed by atoms with van der Waals surface area (Å²) in [6.45, 7) is 2.38. The summed E-state index contributed by atoms with van der Waals surface area (Å²) in [5.41, 5.74) is 0. The first-order valence-corrected chi connectivity index (χ1v) is 23.1. The van der Waals surface area contributed by atoms with Crippen molar-refractivity contribution in [1.82, 2.24) is 0 Å². The van der Waals surface area contributed by atoms with Crippen molar-refractivity contribution in [1.29, 1.82) is 0 Å². The number of carbonyl (C=O) groups excluding carboxylic acids is 2. The fourth-order valence-corrected chi connectivity index (χ4v) is 6.84. The van der Waals surface area contributed by atoms with Gasteiger partial charge in [-0.2, -0.15) is 0 Å². The van der Waals surface area contributed by atoms with E-state index in [2.05, 4.69) is 30.5 Å². The molecule has 0 aromatic carbocycles. The summed E-state index contributed by atoms with van der Waals surface area (Å²) in [5.74, 6) is -0.922. The molecule has 0 heterocycles. The number of aliphatic hydroxyl groups excluding tert-OH is 2. The molecule has 3 N–H and O–H groups in total. The number of phosphoric ester groups is 1. The number of ether oxygens (including phenoxy) is 2. The van der Waals surface area contributed by atoms with Crippen molar-refractivity contribution in [2.75, 3.05) is 26.4 Å². The molecule has 0 aliphatic heterocycles. The number of allylic oxidation sites excluding steroid dienone is 2. The fourth-order valence-electron chi connectivity index (χ4n) is 6.05. The van der Waals surface area contributed by atoms with Gasteiger partial charge in [-0.15, -0.1) is 0 Å². The summed E-state index contributed by atoms with van der Waals surface area (Å²) in [4.78, 5) is 34.9. The highest BCUT2D eigenvalue weighted by atomic mass is 31.2. The van der Waals surface area contributed by atoms with Gasteiger partial charge in [-0.3, -0.25) is 18.6 Å². The van der Waals surface area contributed by atoms with Crippen LogP contribution < -0.4 is 0 Å². The number of unbranched alkanes of at least 4 members (excludes halogenated alkanes) is 25. The van der Waals surface area contributed by atoms with E-state index in [4.69, 9.17) is 19.1 Å². The Morgan fingerprint density at radius 2 is 0.925 bits per heavy atom. The zero-order valence-corrected chi connectivity index (χ0v) is 34.9. The SMILES string of the molecule is CCCCCCCCCC/C=C\CCCCCCCCCC(=O)O[C@H](COC(=O)CCCCCCCCCCCCC)COP(=O)(O)OC[C@@H](O)CO. The number of hydrogen-bond acceptors (Lipinski definition) is 9. The van der Waals surface area contributed by atoms with Crippen LogP contribution in [0.1, 0.15) is 206 Å². The van der Waals surface area contributed by atoms with Gasteiger partial charge in [0.25, 0.3) is 0 Å². The lowest BCUT2D eigenvalue weighted by Gasteiger charge is -2.20. The van der Waals surface area contributed by atoms with Crippen molar-refractivity contribution in [3.63, 3.8) is 0 Å². The minimum Gasteiger partial charge on any atom is -0.462 e. The Bertz CT molecular complexity index is 899. The molecule has 53 heavy (non-hydrogen) atoms. The molecule has 0 fully saturated rings. The van der Waals surface area contributed by atoms with E-state index >= 15 is 0 Å². The van der Waals surface area contributed by atoms with E-state index in [1.165, 1.54) is 122 Å². The Morgan fingerprint density at radius 1 is 0.547 bits per heavy atom. The summed E-state index contributed by atoms with van der Waals surface area (Å²) in [7, 11) is -4.61. The van der Waals surface area contributed by atoms with E-state index in [0.29, 0.717) is 12.8 Å². The first kappa shape index (κ1) is 51.7. The van der Waals surface area contributed by atoms with Gasteiger partial charge in [-0.05, 0) is 38.5 Å². The highest BCUT2D eigenvalue weighted by Gasteiger charge is 2.27. The second-order valence-corrected chi connectivity index (χ2v) is 16.2. The number of phosphoric acid groups is 1. The van der Waals surface area contributed by atoms with Crippen LogP contribution in [0.5, 0.6) is 0 Å². The summed E-state index contributed by atoms with van der Waals surface area (Å²) >= 11 is 0. The highest BCUT2D eigenvalue weighted by molar-refractivity contribution is 7.47. The lowest BCUT2D eigenvalue weighted by Crippen LogP contribution is -2.29. The largest absolute Gasteiger partial charge is 0.472 e. The van der Waals surface area contributed by atoms with Gasteiger partial charge in [0.15, 0.2) is 6.10 Å². The van der Waals surface area contributed by atoms with Crippen LogP contribution in [0, 0.1) is 0 Å². The smallest absolute Gasteiger partial charge is 0.462 e. The van der Waals surface area contributed by atoms with Crippen molar-refractivity contribution < 1.29 is 47.8 Å². The maximum absolute atomic E-state index is 12.6. The van der Waals surface area contributed by atoms with Gasteiger partial charge in [0.1, 0.15) is 12.7 Å². The quantitative estimate of drug-likeness (QED) is 0.0237. The predicted octanol–water partition coefficient (Wildman–Crippen LogP) is 11.2. The predicted molar refractivity (Wildman–Crippen MR) is 215 cm³/mol. The molecular weight excluding hydrogens is 695 g/mol. The van der Waals surface area contributed by atoms with Gasteiger partial charge in [-0.1, -0.05) is 167 Å². The lowest BCUT2D eigenvalue weighted by atomic mass is 10.1. The van der Waals surface area contributed by atoms with Gasteiger partial charge in [0, 0.05) is 12.8 Å². The Kier molecular flexibility index (Phi) is 38.0. The summed E-state index contributed by atoms with van der Waals surface area (Å²) in [5, 5.41) is 18.3. The molecule has 0 amide bonds.